The Hall–Kier alpha value is -0.0331. The summed E-state index contributed by atoms with van der Waals surface area (Å²) in [5.74, 6) is 0. The predicted octanol–water partition coefficient (Wildman–Crippen LogP) is 4.60. The molecule has 0 saturated heterocycles. The zero-order valence-electron chi connectivity index (χ0n) is 11.7. The van der Waals surface area contributed by atoms with Crippen LogP contribution < -0.4 is 0 Å². The van der Waals surface area contributed by atoms with Gasteiger partial charge in [-0.3, -0.25) is 0 Å². The SMILES string of the molecule is CCCCCC(CCCC)O[SiH2]CCC(F)(F)F. The van der Waals surface area contributed by atoms with Gasteiger partial charge in [-0.25, -0.2) is 0 Å². The van der Waals surface area contributed by atoms with Gasteiger partial charge in [0.1, 0.15) is 0 Å². The van der Waals surface area contributed by atoms with Crippen LogP contribution in [0.25, 0.3) is 0 Å². The molecule has 0 aromatic carbocycles. The van der Waals surface area contributed by atoms with Gasteiger partial charge < -0.3 is 4.43 Å². The standard InChI is InChI=1S/C13H27F3OSi/c1-3-5-7-9-12(8-6-4-2)17-18-11-10-13(14,15)16/h12H,3-11,18H2,1-2H3. The van der Waals surface area contributed by atoms with E-state index in [2.05, 4.69) is 13.8 Å². The third kappa shape index (κ3) is 12.4. The van der Waals surface area contributed by atoms with Gasteiger partial charge in [0, 0.05) is 12.5 Å². The van der Waals surface area contributed by atoms with E-state index in [1.54, 1.807) is 0 Å². The van der Waals surface area contributed by atoms with E-state index in [1.807, 2.05) is 0 Å². The maximum atomic E-state index is 12.0. The zero-order chi connectivity index (χ0) is 13.9. The van der Waals surface area contributed by atoms with Gasteiger partial charge in [0.25, 0.3) is 0 Å². The minimum absolute atomic E-state index is 0.219. The Balaban J connectivity index is 3.71. The largest absolute Gasteiger partial charge is 0.421 e. The van der Waals surface area contributed by atoms with E-state index in [-0.39, 0.29) is 12.1 Å². The van der Waals surface area contributed by atoms with Crippen LogP contribution in [0.1, 0.15) is 65.2 Å². The van der Waals surface area contributed by atoms with Crippen LogP contribution in [-0.4, -0.2) is 22.0 Å². The van der Waals surface area contributed by atoms with Crippen LogP contribution >= 0.6 is 0 Å². The summed E-state index contributed by atoms with van der Waals surface area (Å²) in [6.07, 6.45) is 3.30. The molecule has 0 aliphatic carbocycles. The second-order valence-corrected chi connectivity index (χ2v) is 6.30. The van der Waals surface area contributed by atoms with Crippen molar-refractivity contribution < 1.29 is 17.6 Å². The van der Waals surface area contributed by atoms with Crippen molar-refractivity contribution in [2.75, 3.05) is 0 Å². The topological polar surface area (TPSA) is 9.23 Å². The maximum Gasteiger partial charge on any atom is 0.388 e. The van der Waals surface area contributed by atoms with E-state index in [4.69, 9.17) is 4.43 Å². The lowest BCUT2D eigenvalue weighted by Gasteiger charge is -2.18. The molecule has 0 heterocycles. The van der Waals surface area contributed by atoms with Gasteiger partial charge in [0.05, 0.1) is 0 Å². The molecule has 0 aromatic rings. The van der Waals surface area contributed by atoms with Crippen molar-refractivity contribution in [3.8, 4) is 0 Å². The van der Waals surface area contributed by atoms with Gasteiger partial charge in [0.2, 0.25) is 0 Å². The van der Waals surface area contributed by atoms with Crippen LogP contribution in [0.5, 0.6) is 0 Å². The average molecular weight is 284 g/mol. The molecule has 0 rings (SSSR count). The fourth-order valence-corrected chi connectivity index (χ4v) is 3.27. The van der Waals surface area contributed by atoms with Gasteiger partial charge in [-0.1, -0.05) is 46.0 Å². The smallest absolute Gasteiger partial charge is 0.388 e. The van der Waals surface area contributed by atoms with E-state index in [0.717, 1.165) is 32.1 Å². The van der Waals surface area contributed by atoms with Crippen molar-refractivity contribution in [3.05, 3.63) is 0 Å². The Morgan fingerprint density at radius 1 is 1.00 bits per heavy atom. The Kier molecular flexibility index (Phi) is 10.8. The summed E-state index contributed by atoms with van der Waals surface area (Å²) in [4.78, 5) is 0. The molecular formula is C13H27F3OSi. The first kappa shape index (κ1) is 18.0. The van der Waals surface area contributed by atoms with Gasteiger partial charge in [-0.15, -0.1) is 0 Å². The third-order valence-electron chi connectivity index (χ3n) is 2.97. The molecule has 0 saturated carbocycles. The van der Waals surface area contributed by atoms with Crippen LogP contribution in [0.2, 0.25) is 6.04 Å². The highest BCUT2D eigenvalue weighted by Crippen LogP contribution is 2.22. The molecule has 5 heteroatoms. The number of alkyl halides is 3. The van der Waals surface area contributed by atoms with Crippen molar-refractivity contribution >= 4 is 9.76 Å². The molecule has 0 spiro atoms. The summed E-state index contributed by atoms with van der Waals surface area (Å²) in [5, 5.41) is 0. The van der Waals surface area contributed by atoms with Crippen LogP contribution in [0.15, 0.2) is 0 Å². The zero-order valence-corrected chi connectivity index (χ0v) is 13.1. The normalized spacial score (nSPS) is 14.5. The number of rotatable bonds is 11. The first-order valence-corrected chi connectivity index (χ1v) is 8.75. The monoisotopic (exact) mass is 284 g/mol. The summed E-state index contributed by atoms with van der Waals surface area (Å²) >= 11 is 0. The number of hydrogen-bond donors (Lipinski definition) is 0. The second-order valence-electron chi connectivity index (χ2n) is 4.85. The van der Waals surface area contributed by atoms with E-state index in [0.29, 0.717) is 0 Å². The highest BCUT2D eigenvalue weighted by Gasteiger charge is 2.26. The second kappa shape index (κ2) is 10.8. The molecule has 0 aromatic heterocycles. The molecule has 1 atom stereocenters. The van der Waals surface area contributed by atoms with Crippen LogP contribution in [-0.2, 0) is 4.43 Å². The van der Waals surface area contributed by atoms with Gasteiger partial charge in [-0.2, -0.15) is 13.2 Å². The van der Waals surface area contributed by atoms with Crippen LogP contribution in [0.4, 0.5) is 13.2 Å². The fourth-order valence-electron chi connectivity index (χ4n) is 1.89. The fraction of sp³-hybridized carbons (Fsp3) is 1.00. The highest BCUT2D eigenvalue weighted by molar-refractivity contribution is 6.27. The highest BCUT2D eigenvalue weighted by atomic mass is 28.2. The summed E-state index contributed by atoms with van der Waals surface area (Å²) in [6, 6.07) is 0.222. The van der Waals surface area contributed by atoms with Crippen molar-refractivity contribution in [1.82, 2.24) is 0 Å². The van der Waals surface area contributed by atoms with E-state index >= 15 is 0 Å². The van der Waals surface area contributed by atoms with Crippen LogP contribution in [0, 0.1) is 0 Å². The molecular weight excluding hydrogens is 257 g/mol. The minimum atomic E-state index is -4.02. The Morgan fingerprint density at radius 3 is 2.17 bits per heavy atom. The van der Waals surface area contributed by atoms with E-state index < -0.39 is 22.4 Å². The molecule has 110 valence electrons. The predicted molar refractivity (Wildman–Crippen MR) is 72.6 cm³/mol. The van der Waals surface area contributed by atoms with Gasteiger partial charge in [0.15, 0.2) is 9.76 Å². The summed E-state index contributed by atoms with van der Waals surface area (Å²) in [7, 11) is -0.998. The number of unbranched alkanes of at least 4 members (excludes halogenated alkanes) is 3. The van der Waals surface area contributed by atoms with E-state index in [1.165, 1.54) is 12.8 Å². The Morgan fingerprint density at radius 2 is 1.61 bits per heavy atom. The van der Waals surface area contributed by atoms with Crippen molar-refractivity contribution in [3.63, 3.8) is 0 Å². The van der Waals surface area contributed by atoms with Crippen molar-refractivity contribution in [2.24, 2.45) is 0 Å². The number of halogens is 3. The lowest BCUT2D eigenvalue weighted by Crippen LogP contribution is -2.17. The molecule has 0 radical (unpaired) electrons. The molecule has 1 unspecified atom stereocenters. The molecule has 1 nitrogen and oxygen atoms in total. The molecule has 0 amide bonds. The summed E-state index contributed by atoms with van der Waals surface area (Å²) in [6.45, 7) is 4.28. The maximum absolute atomic E-state index is 12.0. The van der Waals surface area contributed by atoms with Crippen LogP contribution in [0.3, 0.4) is 0 Å². The van der Waals surface area contributed by atoms with E-state index in [9.17, 15) is 13.2 Å². The molecule has 0 bridgehead atoms. The Bertz CT molecular complexity index is 186. The molecule has 0 aliphatic rings. The first-order chi connectivity index (χ1) is 8.49. The molecule has 0 fully saturated rings. The van der Waals surface area contributed by atoms with Crippen molar-refractivity contribution in [1.29, 1.82) is 0 Å². The van der Waals surface area contributed by atoms with Crippen molar-refractivity contribution in [2.45, 2.75) is 83.5 Å². The molecule has 0 aliphatic heterocycles. The van der Waals surface area contributed by atoms with Gasteiger partial charge in [-0.05, 0) is 18.9 Å². The summed E-state index contributed by atoms with van der Waals surface area (Å²) in [5.41, 5.74) is 0. The lowest BCUT2D eigenvalue weighted by molar-refractivity contribution is -0.130. The third-order valence-corrected chi connectivity index (χ3v) is 4.32. The summed E-state index contributed by atoms with van der Waals surface area (Å²) < 4.78 is 41.7. The molecule has 18 heavy (non-hydrogen) atoms. The minimum Gasteiger partial charge on any atom is -0.421 e. The van der Waals surface area contributed by atoms with Gasteiger partial charge >= 0.3 is 6.18 Å². The molecule has 0 N–H and O–H groups in total. The first-order valence-electron chi connectivity index (χ1n) is 7.18. The quantitative estimate of drug-likeness (QED) is 0.398. The lowest BCUT2D eigenvalue weighted by atomic mass is 10.1. The average Bonchev–Trinajstić information content (AvgIpc) is 2.29. The Labute approximate surface area is 111 Å². The number of hydrogen-bond acceptors (Lipinski definition) is 1.